The Kier molecular flexibility index (Phi) is 4.86. The topological polar surface area (TPSA) is 71.8 Å². The molecule has 0 saturated heterocycles. The molecule has 0 spiro atoms. The second kappa shape index (κ2) is 7.05. The summed E-state index contributed by atoms with van der Waals surface area (Å²) in [5.74, 6) is -0.712. The molecule has 1 amide bonds. The summed E-state index contributed by atoms with van der Waals surface area (Å²) in [6.07, 6.45) is -0.114. The number of benzene rings is 1. The molecule has 10 heteroatoms. The van der Waals surface area contributed by atoms with Gasteiger partial charge in [0.15, 0.2) is 0 Å². The predicted molar refractivity (Wildman–Crippen MR) is 89.4 cm³/mol. The van der Waals surface area contributed by atoms with Crippen molar-refractivity contribution in [2.75, 3.05) is 5.43 Å². The van der Waals surface area contributed by atoms with Crippen LogP contribution in [0, 0.1) is 0 Å². The van der Waals surface area contributed by atoms with E-state index in [4.69, 9.17) is 0 Å². The first-order valence-corrected chi connectivity index (χ1v) is 8.31. The molecule has 1 aromatic carbocycles. The molecule has 3 aromatic rings. The third kappa shape index (κ3) is 3.60. The first kappa shape index (κ1) is 16.5. The number of nitrogens with one attached hydrogen (secondary N) is 2. The lowest BCUT2D eigenvalue weighted by Crippen LogP contribution is -2.29. The monoisotopic (exact) mass is 413 g/mol. The molecular weight excluding hydrogens is 404 g/mol. The highest BCUT2D eigenvalue weighted by atomic mass is 79.9. The van der Waals surface area contributed by atoms with E-state index >= 15 is 0 Å². The van der Waals surface area contributed by atoms with Crippen molar-refractivity contribution in [3.63, 3.8) is 0 Å². The standard InChI is InChI=1S/C14H10BrF2N5OS/c15-8-1-3-9(4-2-8)19-20-13(23)10-7-22(14-18-5-6-24-14)21-11(10)12(16)17/h1-7,12,19H,(H,20,23). The van der Waals surface area contributed by atoms with Crippen LogP contribution in [-0.4, -0.2) is 20.7 Å². The summed E-state index contributed by atoms with van der Waals surface area (Å²) in [4.78, 5) is 16.2. The first-order valence-electron chi connectivity index (χ1n) is 6.64. The summed E-state index contributed by atoms with van der Waals surface area (Å²) in [5.41, 5.74) is 4.84. The summed E-state index contributed by atoms with van der Waals surface area (Å²) >= 11 is 4.52. The number of nitrogens with zero attached hydrogens (tertiary/aromatic N) is 3. The molecule has 124 valence electrons. The number of carbonyl (C=O) groups excluding carboxylic acids is 1. The van der Waals surface area contributed by atoms with Crippen LogP contribution in [0.4, 0.5) is 14.5 Å². The molecule has 24 heavy (non-hydrogen) atoms. The van der Waals surface area contributed by atoms with Crippen LogP contribution in [0.15, 0.2) is 46.5 Å². The maximum atomic E-state index is 13.2. The lowest BCUT2D eigenvalue weighted by atomic mass is 10.2. The fraction of sp³-hybridized carbons (Fsp3) is 0.0714. The molecule has 2 aromatic heterocycles. The fourth-order valence-electron chi connectivity index (χ4n) is 1.88. The lowest BCUT2D eigenvalue weighted by molar-refractivity contribution is 0.0948. The van der Waals surface area contributed by atoms with Crippen LogP contribution < -0.4 is 10.9 Å². The van der Waals surface area contributed by atoms with Crippen LogP contribution in [0.1, 0.15) is 22.5 Å². The largest absolute Gasteiger partial charge is 0.298 e. The maximum absolute atomic E-state index is 13.2. The van der Waals surface area contributed by atoms with Crippen LogP contribution in [0.25, 0.3) is 5.13 Å². The van der Waals surface area contributed by atoms with Crippen LogP contribution in [-0.2, 0) is 0 Å². The minimum atomic E-state index is -2.88. The molecular formula is C14H10BrF2N5OS. The molecule has 0 unspecified atom stereocenters. The van der Waals surface area contributed by atoms with Crippen molar-refractivity contribution in [1.82, 2.24) is 20.2 Å². The van der Waals surface area contributed by atoms with Gasteiger partial charge in [0.05, 0.1) is 11.3 Å². The minimum absolute atomic E-state index is 0.218. The Labute approximate surface area is 147 Å². The molecule has 0 radical (unpaired) electrons. The number of aromatic nitrogens is 3. The average molecular weight is 414 g/mol. The Hall–Kier alpha value is -2.33. The van der Waals surface area contributed by atoms with Gasteiger partial charge in [-0.15, -0.1) is 11.3 Å². The zero-order chi connectivity index (χ0) is 17.1. The van der Waals surface area contributed by atoms with E-state index in [0.717, 1.165) is 4.47 Å². The van der Waals surface area contributed by atoms with E-state index in [2.05, 4.69) is 36.9 Å². The van der Waals surface area contributed by atoms with Gasteiger partial charge in [-0.25, -0.2) is 18.4 Å². The minimum Gasteiger partial charge on any atom is -0.298 e. The molecule has 0 aliphatic heterocycles. The van der Waals surface area contributed by atoms with Gasteiger partial charge in [0.25, 0.3) is 12.3 Å². The number of rotatable bonds is 5. The number of hydrazine groups is 1. The highest BCUT2D eigenvalue weighted by Gasteiger charge is 2.24. The number of hydrogen-bond donors (Lipinski definition) is 2. The van der Waals surface area contributed by atoms with Crippen LogP contribution in [0.5, 0.6) is 0 Å². The van der Waals surface area contributed by atoms with Gasteiger partial charge in [-0.2, -0.15) is 5.10 Å². The number of halogens is 3. The summed E-state index contributed by atoms with van der Waals surface area (Å²) in [6.45, 7) is 0. The molecule has 0 aliphatic carbocycles. The summed E-state index contributed by atoms with van der Waals surface area (Å²) in [7, 11) is 0. The number of hydrogen-bond acceptors (Lipinski definition) is 5. The van der Waals surface area contributed by atoms with Gasteiger partial charge in [-0.3, -0.25) is 15.6 Å². The van der Waals surface area contributed by atoms with Crippen LogP contribution in [0.2, 0.25) is 0 Å². The quantitative estimate of drug-likeness (QED) is 0.624. The number of anilines is 1. The highest BCUT2D eigenvalue weighted by molar-refractivity contribution is 9.10. The Balaban J connectivity index is 1.79. The van der Waals surface area contributed by atoms with Crippen molar-refractivity contribution in [1.29, 1.82) is 0 Å². The SMILES string of the molecule is O=C(NNc1ccc(Br)cc1)c1cn(-c2nccs2)nc1C(F)F. The summed E-state index contributed by atoms with van der Waals surface area (Å²) in [6, 6.07) is 6.99. The molecule has 0 aliphatic rings. The second-order valence-corrected chi connectivity index (χ2v) is 6.36. The number of carbonyl (C=O) groups is 1. The van der Waals surface area contributed by atoms with Gasteiger partial charge < -0.3 is 0 Å². The van der Waals surface area contributed by atoms with Crippen molar-refractivity contribution < 1.29 is 13.6 Å². The molecule has 6 nitrogen and oxygen atoms in total. The normalized spacial score (nSPS) is 10.8. The van der Waals surface area contributed by atoms with Crippen molar-refractivity contribution in [3.8, 4) is 5.13 Å². The van der Waals surface area contributed by atoms with Gasteiger partial charge in [-0.05, 0) is 24.3 Å². The van der Waals surface area contributed by atoms with E-state index in [-0.39, 0.29) is 5.56 Å². The molecule has 0 bridgehead atoms. The number of amides is 1. The predicted octanol–water partition coefficient (Wildman–Crippen LogP) is 3.79. The summed E-state index contributed by atoms with van der Waals surface area (Å²) in [5, 5.41) is 5.85. The third-order valence-corrected chi connectivity index (χ3v) is 4.26. The van der Waals surface area contributed by atoms with E-state index in [9.17, 15) is 13.6 Å². The van der Waals surface area contributed by atoms with Gasteiger partial charge in [0.2, 0.25) is 5.13 Å². The van der Waals surface area contributed by atoms with Gasteiger partial charge in [0.1, 0.15) is 5.69 Å². The van der Waals surface area contributed by atoms with E-state index in [1.807, 2.05) is 0 Å². The van der Waals surface area contributed by atoms with Crippen molar-refractivity contribution in [2.45, 2.75) is 6.43 Å². The molecule has 0 fully saturated rings. The molecule has 2 heterocycles. The zero-order valence-corrected chi connectivity index (χ0v) is 14.3. The zero-order valence-electron chi connectivity index (χ0n) is 11.9. The van der Waals surface area contributed by atoms with Gasteiger partial charge >= 0.3 is 0 Å². The molecule has 0 saturated carbocycles. The first-order chi connectivity index (χ1) is 11.5. The molecule has 2 N–H and O–H groups in total. The van der Waals surface area contributed by atoms with E-state index in [1.165, 1.54) is 28.4 Å². The van der Waals surface area contributed by atoms with Crippen molar-refractivity contribution in [3.05, 3.63) is 57.8 Å². The van der Waals surface area contributed by atoms with Crippen LogP contribution in [0.3, 0.4) is 0 Å². The van der Waals surface area contributed by atoms with E-state index < -0.39 is 18.0 Å². The number of alkyl halides is 2. The Morgan fingerprint density at radius 3 is 2.67 bits per heavy atom. The van der Waals surface area contributed by atoms with E-state index in [0.29, 0.717) is 10.8 Å². The maximum Gasteiger partial charge on any atom is 0.282 e. The second-order valence-electron chi connectivity index (χ2n) is 4.57. The molecule has 0 atom stereocenters. The smallest absolute Gasteiger partial charge is 0.282 e. The average Bonchev–Trinajstić information content (AvgIpc) is 3.23. The Morgan fingerprint density at radius 1 is 1.29 bits per heavy atom. The van der Waals surface area contributed by atoms with E-state index in [1.54, 1.807) is 29.6 Å². The van der Waals surface area contributed by atoms with Gasteiger partial charge in [-0.1, -0.05) is 15.9 Å². The van der Waals surface area contributed by atoms with Crippen LogP contribution >= 0.6 is 27.3 Å². The highest BCUT2D eigenvalue weighted by Crippen LogP contribution is 2.23. The molecule has 3 rings (SSSR count). The lowest BCUT2D eigenvalue weighted by Gasteiger charge is -2.08. The summed E-state index contributed by atoms with van der Waals surface area (Å²) < 4.78 is 28.4. The third-order valence-electron chi connectivity index (χ3n) is 2.97. The van der Waals surface area contributed by atoms with Gasteiger partial charge in [0, 0.05) is 22.2 Å². The fourth-order valence-corrected chi connectivity index (χ4v) is 2.71. The van der Waals surface area contributed by atoms with Crippen molar-refractivity contribution in [2.24, 2.45) is 0 Å². The number of thiazole rings is 1. The Morgan fingerprint density at radius 2 is 2.04 bits per heavy atom. The van der Waals surface area contributed by atoms with Crippen molar-refractivity contribution >= 4 is 38.9 Å². The Bertz CT molecular complexity index is 835.